The highest BCUT2D eigenvalue weighted by molar-refractivity contribution is 6.04. The van der Waals surface area contributed by atoms with E-state index in [1.807, 2.05) is 34.9 Å². The van der Waals surface area contributed by atoms with E-state index in [1.165, 1.54) is 0 Å². The van der Waals surface area contributed by atoms with Crippen molar-refractivity contribution in [2.45, 2.75) is 12.8 Å². The van der Waals surface area contributed by atoms with Crippen molar-refractivity contribution in [2.24, 2.45) is 5.16 Å². The summed E-state index contributed by atoms with van der Waals surface area (Å²) in [5.74, 6) is 0.673. The van der Waals surface area contributed by atoms with Gasteiger partial charge in [0.2, 0.25) is 0 Å². The van der Waals surface area contributed by atoms with Crippen LogP contribution in [0.3, 0.4) is 0 Å². The van der Waals surface area contributed by atoms with Crippen LogP contribution in [-0.2, 0) is 6.42 Å². The molecule has 0 atom stereocenters. The van der Waals surface area contributed by atoms with Gasteiger partial charge >= 0.3 is 0 Å². The van der Waals surface area contributed by atoms with Crippen molar-refractivity contribution in [3.8, 4) is 11.3 Å². The molecule has 1 aliphatic rings. The van der Waals surface area contributed by atoms with Gasteiger partial charge in [-0.25, -0.2) is 4.98 Å². The van der Waals surface area contributed by atoms with Crippen LogP contribution in [0.2, 0.25) is 0 Å². The third kappa shape index (κ3) is 3.28. The third-order valence-electron chi connectivity index (χ3n) is 5.51. The molecule has 0 saturated carbocycles. The van der Waals surface area contributed by atoms with Gasteiger partial charge in [-0.2, -0.15) is 0 Å². The van der Waals surface area contributed by atoms with Crippen LogP contribution in [0.4, 0.5) is 11.5 Å². The van der Waals surface area contributed by atoms with Crippen LogP contribution < -0.4 is 10.6 Å². The van der Waals surface area contributed by atoms with E-state index in [9.17, 15) is 4.79 Å². The van der Waals surface area contributed by atoms with Crippen molar-refractivity contribution in [1.82, 2.24) is 19.7 Å². The van der Waals surface area contributed by atoms with Crippen molar-refractivity contribution < 1.29 is 10.0 Å². The van der Waals surface area contributed by atoms with Crippen LogP contribution >= 0.6 is 0 Å². The summed E-state index contributed by atoms with van der Waals surface area (Å²) in [7, 11) is 1.61. The highest BCUT2D eigenvalue weighted by Crippen LogP contribution is 2.33. The van der Waals surface area contributed by atoms with Crippen molar-refractivity contribution in [3.05, 3.63) is 77.7 Å². The molecule has 0 bridgehead atoms. The fraction of sp³-hybridized carbons (Fsp3) is 0.130. The van der Waals surface area contributed by atoms with Crippen molar-refractivity contribution in [2.75, 3.05) is 12.4 Å². The average Bonchev–Trinajstić information content (AvgIpc) is 3.40. The fourth-order valence-electron chi connectivity index (χ4n) is 3.94. The first kappa shape index (κ1) is 18.8. The van der Waals surface area contributed by atoms with E-state index < -0.39 is 0 Å². The molecule has 154 valence electrons. The predicted octanol–water partition coefficient (Wildman–Crippen LogP) is 3.62. The lowest BCUT2D eigenvalue weighted by atomic mass is 10.1. The molecular formula is C23H20N6O2. The highest BCUT2D eigenvalue weighted by Gasteiger charge is 2.20. The number of nitrogens with one attached hydrogen (secondary N) is 2. The molecule has 0 radical (unpaired) electrons. The minimum Gasteiger partial charge on any atom is -0.411 e. The molecule has 1 aliphatic carbocycles. The van der Waals surface area contributed by atoms with Gasteiger partial charge in [0, 0.05) is 41.8 Å². The largest absolute Gasteiger partial charge is 0.411 e. The monoisotopic (exact) mass is 412 g/mol. The van der Waals surface area contributed by atoms with E-state index in [2.05, 4.69) is 26.8 Å². The molecule has 2 heterocycles. The quantitative estimate of drug-likeness (QED) is 0.351. The number of anilines is 2. The van der Waals surface area contributed by atoms with Crippen LogP contribution in [0.25, 0.3) is 16.9 Å². The lowest BCUT2D eigenvalue weighted by Crippen LogP contribution is -2.17. The number of amides is 1. The minimum absolute atomic E-state index is 0.131. The molecule has 8 heteroatoms. The topological polar surface area (TPSA) is 104 Å². The summed E-state index contributed by atoms with van der Waals surface area (Å²) in [6.07, 6.45) is 6.86. The van der Waals surface area contributed by atoms with Gasteiger partial charge in [0.05, 0.1) is 11.9 Å². The number of hydrogen-bond acceptors (Lipinski definition) is 6. The number of aryl methyl sites for hydroxylation is 1. The Bertz CT molecular complexity index is 1320. The number of benzene rings is 2. The average molecular weight is 412 g/mol. The number of nitrogens with zero attached hydrogens (tertiary/aromatic N) is 4. The Balaban J connectivity index is 1.57. The molecule has 31 heavy (non-hydrogen) atoms. The van der Waals surface area contributed by atoms with Crippen molar-refractivity contribution >= 4 is 28.8 Å². The van der Waals surface area contributed by atoms with E-state index >= 15 is 0 Å². The second-order valence-corrected chi connectivity index (χ2v) is 7.31. The Morgan fingerprint density at radius 1 is 1.16 bits per heavy atom. The molecular weight excluding hydrogens is 392 g/mol. The van der Waals surface area contributed by atoms with Gasteiger partial charge in [-0.15, -0.1) is 0 Å². The van der Waals surface area contributed by atoms with Crippen LogP contribution in [0.15, 0.2) is 66.2 Å². The van der Waals surface area contributed by atoms with Crippen LogP contribution in [-0.4, -0.2) is 38.2 Å². The summed E-state index contributed by atoms with van der Waals surface area (Å²) in [6, 6.07) is 13.4. The van der Waals surface area contributed by atoms with Gasteiger partial charge in [0.1, 0.15) is 11.5 Å². The van der Waals surface area contributed by atoms with Gasteiger partial charge in [0.25, 0.3) is 5.91 Å². The molecule has 2 aromatic carbocycles. The summed E-state index contributed by atoms with van der Waals surface area (Å²) >= 11 is 0. The number of oxime groups is 1. The summed E-state index contributed by atoms with van der Waals surface area (Å²) in [5.41, 5.74) is 6.71. The summed E-state index contributed by atoms with van der Waals surface area (Å²) in [4.78, 5) is 20.8. The molecule has 0 unspecified atom stereocenters. The number of fused-ring (bicyclic) bond motifs is 2. The van der Waals surface area contributed by atoms with Gasteiger partial charge in [0.15, 0.2) is 5.65 Å². The highest BCUT2D eigenvalue weighted by atomic mass is 16.4. The van der Waals surface area contributed by atoms with Crippen LogP contribution in [0.1, 0.15) is 27.9 Å². The number of aromatic nitrogens is 3. The maximum absolute atomic E-state index is 11.9. The molecule has 3 N–H and O–H groups in total. The Kier molecular flexibility index (Phi) is 4.59. The van der Waals surface area contributed by atoms with Crippen LogP contribution in [0.5, 0.6) is 0 Å². The molecule has 0 aliphatic heterocycles. The molecule has 0 saturated heterocycles. The molecule has 0 fully saturated rings. The van der Waals surface area contributed by atoms with Gasteiger partial charge in [-0.3, -0.25) is 14.2 Å². The summed E-state index contributed by atoms with van der Waals surface area (Å²) in [6.45, 7) is 0. The Hall–Kier alpha value is -4.20. The number of carbonyl (C=O) groups excluding carboxylic acids is 1. The van der Waals surface area contributed by atoms with Crippen LogP contribution in [0, 0.1) is 0 Å². The second kappa shape index (κ2) is 7.56. The first-order valence-electron chi connectivity index (χ1n) is 9.94. The summed E-state index contributed by atoms with van der Waals surface area (Å²) < 4.78 is 1.95. The maximum atomic E-state index is 11.9. The van der Waals surface area contributed by atoms with Gasteiger partial charge in [-0.05, 0) is 42.7 Å². The number of rotatable bonds is 4. The molecule has 0 spiro atoms. The fourth-order valence-corrected chi connectivity index (χ4v) is 3.94. The van der Waals surface area contributed by atoms with E-state index in [0.717, 1.165) is 52.4 Å². The second-order valence-electron chi connectivity index (χ2n) is 7.31. The van der Waals surface area contributed by atoms with Gasteiger partial charge < -0.3 is 15.8 Å². The standard InChI is InChI=1S/C23H20N6O2/c1-24-23(30)15-4-2-14(3-5-15)21-22(29-11-10-25-13-20(29)27-21)26-17-7-8-18-16(12-17)6-9-19(18)28-31/h2-5,7-8,10-13,26,31H,6,9H2,1H3,(H,24,30)/b28-19+. The molecule has 8 nitrogen and oxygen atoms in total. The third-order valence-corrected chi connectivity index (χ3v) is 5.51. The van der Waals surface area contributed by atoms with Crippen molar-refractivity contribution in [1.29, 1.82) is 0 Å². The lowest BCUT2D eigenvalue weighted by molar-refractivity contribution is 0.0963. The molecule has 1 amide bonds. The van der Waals surface area contributed by atoms with E-state index in [1.54, 1.807) is 31.6 Å². The first-order chi connectivity index (χ1) is 15.2. The molecule has 5 rings (SSSR count). The zero-order chi connectivity index (χ0) is 21.4. The molecule has 2 aromatic heterocycles. The van der Waals surface area contributed by atoms with E-state index in [-0.39, 0.29) is 5.91 Å². The number of imidazole rings is 1. The van der Waals surface area contributed by atoms with Crippen molar-refractivity contribution in [3.63, 3.8) is 0 Å². The SMILES string of the molecule is CNC(=O)c1ccc(-c2nc3cnccn3c2Nc2ccc3c(c2)CC/C3=N\O)cc1. The summed E-state index contributed by atoms with van der Waals surface area (Å²) in [5, 5.41) is 18.7. The van der Waals surface area contributed by atoms with E-state index in [0.29, 0.717) is 11.2 Å². The maximum Gasteiger partial charge on any atom is 0.251 e. The normalized spacial score (nSPS) is 14.0. The molecule has 4 aromatic rings. The number of carbonyl (C=O) groups is 1. The minimum atomic E-state index is -0.131. The lowest BCUT2D eigenvalue weighted by Gasteiger charge is -2.11. The number of hydrogen-bond donors (Lipinski definition) is 3. The zero-order valence-corrected chi connectivity index (χ0v) is 16.8. The Morgan fingerprint density at radius 3 is 2.77 bits per heavy atom. The Morgan fingerprint density at radius 2 is 2.00 bits per heavy atom. The van der Waals surface area contributed by atoms with E-state index in [4.69, 9.17) is 10.2 Å². The Labute approximate surface area is 178 Å². The predicted molar refractivity (Wildman–Crippen MR) is 118 cm³/mol. The zero-order valence-electron chi connectivity index (χ0n) is 16.8. The van der Waals surface area contributed by atoms with Gasteiger partial charge in [-0.1, -0.05) is 23.4 Å². The first-order valence-corrected chi connectivity index (χ1v) is 9.94. The smallest absolute Gasteiger partial charge is 0.251 e.